The summed E-state index contributed by atoms with van der Waals surface area (Å²) >= 11 is 0. The number of hydrogen-bond donors (Lipinski definition) is 1. The first kappa shape index (κ1) is 19.9. The Labute approximate surface area is 172 Å². The third-order valence-electron chi connectivity index (χ3n) is 5.60. The van der Waals surface area contributed by atoms with Gasteiger partial charge in [0.25, 0.3) is 0 Å². The summed E-state index contributed by atoms with van der Waals surface area (Å²) in [5.41, 5.74) is 1.17. The van der Waals surface area contributed by atoms with E-state index >= 15 is 0 Å². The molecule has 0 unspecified atom stereocenters. The van der Waals surface area contributed by atoms with Crippen LogP contribution in [0, 0.1) is 0 Å². The fourth-order valence-corrected chi connectivity index (χ4v) is 5.10. The Morgan fingerprint density at radius 3 is 2.38 bits per heavy atom. The summed E-state index contributed by atoms with van der Waals surface area (Å²) in [4.78, 5) is 2.63. The van der Waals surface area contributed by atoms with E-state index in [0.29, 0.717) is 12.3 Å². The van der Waals surface area contributed by atoms with Crippen molar-refractivity contribution in [2.24, 2.45) is 0 Å². The number of nitrogens with zero attached hydrogens (tertiary/aromatic N) is 1. The van der Waals surface area contributed by atoms with Gasteiger partial charge in [0, 0.05) is 12.6 Å². The molecule has 0 bridgehead atoms. The lowest BCUT2D eigenvalue weighted by molar-refractivity contribution is 0.248. The molecule has 1 heterocycles. The zero-order valence-corrected chi connectivity index (χ0v) is 17.4. The summed E-state index contributed by atoms with van der Waals surface area (Å²) in [6.45, 7) is 2.30. The van der Waals surface area contributed by atoms with E-state index in [0.717, 1.165) is 25.9 Å². The molecule has 3 aromatic rings. The second-order valence-electron chi connectivity index (χ2n) is 7.35. The fraction of sp³-hybridized carbons (Fsp3) is 0.304. The second kappa shape index (κ2) is 8.53. The number of likely N-dealkylation sites (tertiary alicyclic amines) is 1. The Kier molecular flexibility index (Phi) is 5.85. The van der Waals surface area contributed by atoms with E-state index in [1.807, 2.05) is 12.1 Å². The Bertz CT molecular complexity index is 1070. The average molecular weight is 411 g/mol. The standard InChI is InChI=1S/C23H26N2O3S/c1-28-19-11-13-20(14-12-19)29(26,27)24-17-23(25-15-4-5-16-25)22-10-6-8-18-7-2-3-9-21(18)22/h2-3,6-14,23-24H,4-5,15-17H2,1H3/t23-/m0/s1. The number of hydrogen-bond acceptors (Lipinski definition) is 4. The largest absolute Gasteiger partial charge is 0.497 e. The van der Waals surface area contributed by atoms with Crippen molar-refractivity contribution in [1.29, 1.82) is 0 Å². The van der Waals surface area contributed by atoms with E-state index in [9.17, 15) is 8.42 Å². The number of ether oxygens (including phenoxy) is 1. The Balaban J connectivity index is 1.62. The van der Waals surface area contributed by atoms with Crippen molar-refractivity contribution in [3.63, 3.8) is 0 Å². The van der Waals surface area contributed by atoms with Gasteiger partial charge in [-0.1, -0.05) is 42.5 Å². The number of sulfonamides is 1. The molecule has 6 heteroatoms. The van der Waals surface area contributed by atoms with E-state index < -0.39 is 10.0 Å². The van der Waals surface area contributed by atoms with Gasteiger partial charge in [0.05, 0.1) is 12.0 Å². The Morgan fingerprint density at radius 1 is 0.966 bits per heavy atom. The lowest BCUT2D eigenvalue weighted by Crippen LogP contribution is -2.36. The van der Waals surface area contributed by atoms with Crippen molar-refractivity contribution >= 4 is 20.8 Å². The Hall–Kier alpha value is -2.41. The zero-order valence-electron chi connectivity index (χ0n) is 16.5. The molecule has 152 valence electrons. The summed E-state index contributed by atoms with van der Waals surface area (Å²) in [6.07, 6.45) is 2.29. The van der Waals surface area contributed by atoms with Crippen LogP contribution >= 0.6 is 0 Å². The highest BCUT2D eigenvalue weighted by atomic mass is 32.2. The minimum atomic E-state index is -3.60. The van der Waals surface area contributed by atoms with E-state index in [-0.39, 0.29) is 10.9 Å². The summed E-state index contributed by atoms with van der Waals surface area (Å²) in [7, 11) is -2.04. The third-order valence-corrected chi connectivity index (χ3v) is 7.04. The van der Waals surface area contributed by atoms with Gasteiger partial charge < -0.3 is 4.74 Å². The molecule has 29 heavy (non-hydrogen) atoms. The normalized spacial score (nSPS) is 16.2. The topological polar surface area (TPSA) is 58.6 Å². The highest BCUT2D eigenvalue weighted by molar-refractivity contribution is 7.89. The number of fused-ring (bicyclic) bond motifs is 1. The molecule has 5 nitrogen and oxygen atoms in total. The molecule has 0 radical (unpaired) electrons. The average Bonchev–Trinajstić information content (AvgIpc) is 3.28. The van der Waals surface area contributed by atoms with Gasteiger partial charge in [-0.05, 0) is 66.5 Å². The van der Waals surface area contributed by atoms with Crippen LogP contribution in [0.4, 0.5) is 0 Å². The first-order valence-electron chi connectivity index (χ1n) is 9.94. The quantitative estimate of drug-likeness (QED) is 0.640. The third kappa shape index (κ3) is 4.29. The van der Waals surface area contributed by atoms with Crippen molar-refractivity contribution in [1.82, 2.24) is 9.62 Å². The van der Waals surface area contributed by atoms with Gasteiger partial charge in [0.15, 0.2) is 0 Å². The summed E-state index contributed by atoms with van der Waals surface area (Å²) in [5.74, 6) is 0.634. The SMILES string of the molecule is COc1ccc(S(=O)(=O)NC[C@@H](c2cccc3ccccc23)N2CCCC2)cc1. The minimum Gasteiger partial charge on any atom is -0.497 e. The van der Waals surface area contributed by atoms with Crippen LogP contribution < -0.4 is 9.46 Å². The first-order valence-corrected chi connectivity index (χ1v) is 11.4. The smallest absolute Gasteiger partial charge is 0.240 e. The maximum absolute atomic E-state index is 12.9. The number of rotatable bonds is 7. The number of methoxy groups -OCH3 is 1. The predicted octanol–water partition coefficient (Wildman–Crippen LogP) is 3.96. The molecule has 0 amide bonds. The van der Waals surface area contributed by atoms with Crippen LogP contribution in [0.3, 0.4) is 0 Å². The minimum absolute atomic E-state index is 0.00313. The molecule has 1 saturated heterocycles. The second-order valence-corrected chi connectivity index (χ2v) is 9.12. The Morgan fingerprint density at radius 2 is 1.66 bits per heavy atom. The molecular weight excluding hydrogens is 384 g/mol. The first-order chi connectivity index (χ1) is 14.1. The maximum atomic E-state index is 12.9. The van der Waals surface area contributed by atoms with Crippen LogP contribution in [0.15, 0.2) is 71.6 Å². The molecule has 0 saturated carbocycles. The summed E-state index contributed by atoms with van der Waals surface area (Å²) in [5, 5.41) is 2.35. The van der Waals surface area contributed by atoms with E-state index in [1.54, 1.807) is 31.4 Å². The van der Waals surface area contributed by atoms with E-state index in [2.05, 4.69) is 40.0 Å². The van der Waals surface area contributed by atoms with Crippen LogP contribution in [0.1, 0.15) is 24.4 Å². The van der Waals surface area contributed by atoms with Crippen molar-refractivity contribution in [2.75, 3.05) is 26.7 Å². The molecule has 1 aliphatic rings. The predicted molar refractivity (Wildman–Crippen MR) is 116 cm³/mol. The van der Waals surface area contributed by atoms with Crippen LogP contribution in [-0.4, -0.2) is 40.1 Å². The fourth-order valence-electron chi connectivity index (χ4n) is 4.06. The molecule has 3 aromatic carbocycles. The monoisotopic (exact) mass is 410 g/mol. The van der Waals surface area contributed by atoms with Gasteiger partial charge >= 0.3 is 0 Å². The number of nitrogens with one attached hydrogen (secondary N) is 1. The van der Waals surface area contributed by atoms with Crippen molar-refractivity contribution < 1.29 is 13.2 Å². The van der Waals surface area contributed by atoms with Crippen LogP contribution in [-0.2, 0) is 10.0 Å². The molecule has 4 rings (SSSR count). The highest BCUT2D eigenvalue weighted by Crippen LogP contribution is 2.30. The highest BCUT2D eigenvalue weighted by Gasteiger charge is 2.26. The van der Waals surface area contributed by atoms with Crippen LogP contribution in [0.2, 0.25) is 0 Å². The van der Waals surface area contributed by atoms with Crippen molar-refractivity contribution in [2.45, 2.75) is 23.8 Å². The molecule has 0 spiro atoms. The zero-order chi connectivity index (χ0) is 20.3. The van der Waals surface area contributed by atoms with Gasteiger partial charge in [-0.3, -0.25) is 4.90 Å². The van der Waals surface area contributed by atoms with Crippen LogP contribution in [0.25, 0.3) is 10.8 Å². The van der Waals surface area contributed by atoms with Gasteiger partial charge in [0.2, 0.25) is 10.0 Å². The molecule has 1 N–H and O–H groups in total. The summed E-state index contributed by atoms with van der Waals surface area (Å²) < 4.78 is 33.7. The molecular formula is C23H26N2O3S. The molecule has 1 atom stereocenters. The molecule has 1 aliphatic heterocycles. The van der Waals surface area contributed by atoms with E-state index in [4.69, 9.17) is 4.74 Å². The lowest BCUT2D eigenvalue weighted by atomic mass is 9.98. The van der Waals surface area contributed by atoms with Gasteiger partial charge in [-0.15, -0.1) is 0 Å². The molecule has 1 fully saturated rings. The van der Waals surface area contributed by atoms with Gasteiger partial charge in [0.1, 0.15) is 5.75 Å². The van der Waals surface area contributed by atoms with Gasteiger partial charge in [-0.25, -0.2) is 13.1 Å². The molecule has 0 aliphatic carbocycles. The van der Waals surface area contributed by atoms with Crippen molar-refractivity contribution in [3.05, 3.63) is 72.3 Å². The number of benzene rings is 3. The lowest BCUT2D eigenvalue weighted by Gasteiger charge is -2.29. The van der Waals surface area contributed by atoms with E-state index in [1.165, 1.54) is 16.3 Å². The summed E-state index contributed by atoms with van der Waals surface area (Å²) in [6, 6.07) is 21.0. The van der Waals surface area contributed by atoms with Crippen molar-refractivity contribution in [3.8, 4) is 5.75 Å². The van der Waals surface area contributed by atoms with Crippen LogP contribution in [0.5, 0.6) is 5.75 Å². The van der Waals surface area contributed by atoms with Gasteiger partial charge in [-0.2, -0.15) is 0 Å². The maximum Gasteiger partial charge on any atom is 0.240 e. The molecule has 0 aromatic heterocycles.